The Bertz CT molecular complexity index is 769. The van der Waals surface area contributed by atoms with Crippen LogP contribution in [0.3, 0.4) is 0 Å². The third kappa shape index (κ3) is 3.92. The third-order valence-corrected chi connectivity index (χ3v) is 3.37. The SMILES string of the molecule is Cn1ccnc1CCNC(=O)c1ccc(C(=O)O)cc1C(F)(F)F. The number of carboxylic acid groups (broad SMARTS) is 1. The predicted molar refractivity (Wildman–Crippen MR) is 77.6 cm³/mol. The zero-order chi connectivity index (χ0) is 17.9. The molecule has 0 radical (unpaired) electrons. The number of hydrogen-bond acceptors (Lipinski definition) is 3. The molecule has 1 heterocycles. The second kappa shape index (κ2) is 6.73. The van der Waals surface area contributed by atoms with E-state index in [1.165, 1.54) is 0 Å². The van der Waals surface area contributed by atoms with E-state index < -0.39 is 34.7 Å². The second-order valence-corrected chi connectivity index (χ2v) is 5.02. The van der Waals surface area contributed by atoms with Gasteiger partial charge >= 0.3 is 12.1 Å². The molecule has 0 unspecified atom stereocenters. The number of nitrogens with one attached hydrogen (secondary N) is 1. The number of carbonyl (C=O) groups excluding carboxylic acids is 1. The molecule has 2 rings (SSSR count). The van der Waals surface area contributed by atoms with E-state index in [4.69, 9.17) is 5.11 Å². The Labute approximate surface area is 134 Å². The minimum Gasteiger partial charge on any atom is -0.478 e. The molecule has 128 valence electrons. The molecule has 2 N–H and O–H groups in total. The summed E-state index contributed by atoms with van der Waals surface area (Å²) in [5.41, 5.74) is -2.43. The smallest absolute Gasteiger partial charge is 0.417 e. The fourth-order valence-electron chi connectivity index (χ4n) is 2.13. The minimum absolute atomic E-state index is 0.0989. The quantitative estimate of drug-likeness (QED) is 0.872. The summed E-state index contributed by atoms with van der Waals surface area (Å²) in [6, 6.07) is 2.28. The average Bonchev–Trinajstić information content (AvgIpc) is 2.91. The summed E-state index contributed by atoms with van der Waals surface area (Å²) in [6.07, 6.45) is -1.20. The van der Waals surface area contributed by atoms with E-state index in [0.717, 1.165) is 12.1 Å². The molecule has 6 nitrogen and oxygen atoms in total. The summed E-state index contributed by atoms with van der Waals surface area (Å²) in [6.45, 7) is 0.0989. The monoisotopic (exact) mass is 341 g/mol. The number of aryl methyl sites for hydroxylation is 1. The number of amides is 1. The van der Waals surface area contributed by atoms with Gasteiger partial charge in [0.25, 0.3) is 5.91 Å². The van der Waals surface area contributed by atoms with Gasteiger partial charge in [0.05, 0.1) is 16.7 Å². The molecule has 0 bridgehead atoms. The van der Waals surface area contributed by atoms with Crippen LogP contribution in [0.25, 0.3) is 0 Å². The normalized spacial score (nSPS) is 11.3. The fraction of sp³-hybridized carbons (Fsp3) is 0.267. The number of rotatable bonds is 5. The molecule has 24 heavy (non-hydrogen) atoms. The first-order valence-electron chi connectivity index (χ1n) is 6.89. The fourth-order valence-corrected chi connectivity index (χ4v) is 2.13. The summed E-state index contributed by atoms with van der Waals surface area (Å²) >= 11 is 0. The van der Waals surface area contributed by atoms with Crippen LogP contribution in [0.1, 0.15) is 32.1 Å². The predicted octanol–water partition coefficient (Wildman–Crippen LogP) is 2.11. The Kier molecular flexibility index (Phi) is 4.91. The molecule has 1 aromatic carbocycles. The van der Waals surface area contributed by atoms with Crippen LogP contribution >= 0.6 is 0 Å². The van der Waals surface area contributed by atoms with Crippen molar-refractivity contribution < 1.29 is 27.9 Å². The Morgan fingerprint density at radius 2 is 2.04 bits per heavy atom. The van der Waals surface area contributed by atoms with E-state index in [0.29, 0.717) is 18.3 Å². The zero-order valence-corrected chi connectivity index (χ0v) is 12.6. The van der Waals surface area contributed by atoms with Gasteiger partial charge in [-0.2, -0.15) is 13.2 Å². The van der Waals surface area contributed by atoms with Gasteiger partial charge in [-0.3, -0.25) is 4.79 Å². The van der Waals surface area contributed by atoms with Crippen molar-refractivity contribution in [3.63, 3.8) is 0 Å². The number of hydrogen-bond donors (Lipinski definition) is 2. The third-order valence-electron chi connectivity index (χ3n) is 3.37. The molecular weight excluding hydrogens is 327 g/mol. The number of imidazole rings is 1. The van der Waals surface area contributed by atoms with Crippen molar-refractivity contribution in [2.45, 2.75) is 12.6 Å². The topological polar surface area (TPSA) is 84.2 Å². The van der Waals surface area contributed by atoms with Gasteiger partial charge in [0, 0.05) is 32.4 Å². The van der Waals surface area contributed by atoms with Crippen LogP contribution in [0.15, 0.2) is 30.6 Å². The van der Waals surface area contributed by atoms with Crippen molar-refractivity contribution in [1.82, 2.24) is 14.9 Å². The standard InChI is InChI=1S/C15H14F3N3O3/c1-21-7-6-19-12(21)4-5-20-13(22)10-3-2-9(14(23)24)8-11(10)15(16,17)18/h2-3,6-8H,4-5H2,1H3,(H,20,22)(H,23,24). The van der Waals surface area contributed by atoms with Crippen LogP contribution in [0.4, 0.5) is 13.2 Å². The molecule has 0 fully saturated rings. The zero-order valence-electron chi connectivity index (χ0n) is 12.6. The van der Waals surface area contributed by atoms with Crippen molar-refractivity contribution in [2.75, 3.05) is 6.54 Å². The number of nitrogens with zero attached hydrogens (tertiary/aromatic N) is 2. The molecule has 0 atom stereocenters. The van der Waals surface area contributed by atoms with Crippen molar-refractivity contribution >= 4 is 11.9 Å². The number of carbonyl (C=O) groups is 2. The van der Waals surface area contributed by atoms with E-state index >= 15 is 0 Å². The lowest BCUT2D eigenvalue weighted by atomic mass is 10.0. The molecule has 0 aliphatic carbocycles. The lowest BCUT2D eigenvalue weighted by Gasteiger charge is -2.13. The van der Waals surface area contributed by atoms with Crippen molar-refractivity contribution in [2.24, 2.45) is 7.05 Å². The van der Waals surface area contributed by atoms with Gasteiger partial charge < -0.3 is 15.0 Å². The van der Waals surface area contributed by atoms with Gasteiger partial charge in [-0.15, -0.1) is 0 Å². The molecule has 9 heteroatoms. The van der Waals surface area contributed by atoms with Crippen LogP contribution in [-0.2, 0) is 19.6 Å². The Hall–Kier alpha value is -2.84. The highest BCUT2D eigenvalue weighted by Crippen LogP contribution is 2.32. The summed E-state index contributed by atoms with van der Waals surface area (Å²) < 4.78 is 40.9. The number of aromatic carboxylic acids is 1. The maximum Gasteiger partial charge on any atom is 0.417 e. The number of benzene rings is 1. The first kappa shape index (κ1) is 17.5. The highest BCUT2D eigenvalue weighted by molar-refractivity contribution is 5.97. The van der Waals surface area contributed by atoms with Gasteiger partial charge in [0.1, 0.15) is 5.82 Å². The molecule has 0 saturated heterocycles. The first-order chi connectivity index (χ1) is 11.2. The molecule has 0 saturated carbocycles. The highest BCUT2D eigenvalue weighted by Gasteiger charge is 2.36. The van der Waals surface area contributed by atoms with Crippen LogP contribution in [0, 0.1) is 0 Å². The molecule has 0 aliphatic rings. The van der Waals surface area contributed by atoms with Gasteiger partial charge in [-0.1, -0.05) is 0 Å². The number of alkyl halides is 3. The Balaban J connectivity index is 2.16. The summed E-state index contributed by atoms with van der Waals surface area (Å²) in [4.78, 5) is 26.9. The van der Waals surface area contributed by atoms with Crippen LogP contribution < -0.4 is 5.32 Å². The van der Waals surface area contributed by atoms with E-state index in [1.807, 2.05) is 0 Å². The van der Waals surface area contributed by atoms with Gasteiger partial charge in [0.2, 0.25) is 0 Å². The highest BCUT2D eigenvalue weighted by atomic mass is 19.4. The maximum absolute atomic E-state index is 13.1. The van der Waals surface area contributed by atoms with E-state index in [9.17, 15) is 22.8 Å². The van der Waals surface area contributed by atoms with Gasteiger partial charge in [0.15, 0.2) is 0 Å². The lowest BCUT2D eigenvalue weighted by molar-refractivity contribution is -0.137. The van der Waals surface area contributed by atoms with Crippen LogP contribution in [0.2, 0.25) is 0 Å². The first-order valence-corrected chi connectivity index (χ1v) is 6.89. The van der Waals surface area contributed by atoms with E-state index in [-0.39, 0.29) is 6.54 Å². The lowest BCUT2D eigenvalue weighted by Crippen LogP contribution is -2.28. The second-order valence-electron chi connectivity index (χ2n) is 5.02. The van der Waals surface area contributed by atoms with Crippen molar-refractivity contribution in [1.29, 1.82) is 0 Å². The minimum atomic E-state index is -4.84. The van der Waals surface area contributed by atoms with Crippen LogP contribution in [-0.4, -0.2) is 33.1 Å². The number of aromatic nitrogens is 2. The Morgan fingerprint density at radius 3 is 2.58 bits per heavy atom. The van der Waals surface area contributed by atoms with Gasteiger partial charge in [-0.25, -0.2) is 9.78 Å². The van der Waals surface area contributed by atoms with E-state index in [2.05, 4.69) is 10.3 Å². The van der Waals surface area contributed by atoms with Crippen molar-refractivity contribution in [3.8, 4) is 0 Å². The van der Waals surface area contributed by atoms with E-state index in [1.54, 1.807) is 24.0 Å². The molecule has 0 spiro atoms. The maximum atomic E-state index is 13.1. The van der Waals surface area contributed by atoms with Crippen molar-refractivity contribution in [3.05, 3.63) is 53.1 Å². The largest absolute Gasteiger partial charge is 0.478 e. The summed E-state index contributed by atoms with van der Waals surface area (Å²) in [7, 11) is 1.76. The molecule has 1 amide bonds. The van der Waals surface area contributed by atoms with Gasteiger partial charge in [-0.05, 0) is 18.2 Å². The molecule has 2 aromatic rings. The van der Waals surface area contributed by atoms with Crippen LogP contribution in [0.5, 0.6) is 0 Å². The summed E-state index contributed by atoms with van der Waals surface area (Å²) in [5, 5.41) is 11.2. The molecule has 1 aromatic heterocycles. The number of carboxylic acids is 1. The molecular formula is C15H14F3N3O3. The molecule has 0 aliphatic heterocycles. The summed E-state index contributed by atoms with van der Waals surface area (Å²) in [5.74, 6) is -1.75. The number of halogens is 3. The Morgan fingerprint density at radius 1 is 1.33 bits per heavy atom. The average molecular weight is 341 g/mol.